The summed E-state index contributed by atoms with van der Waals surface area (Å²) in [7, 11) is 0. The van der Waals surface area contributed by atoms with Crippen LogP contribution in [0, 0.1) is 16.6 Å². The molecular weight excluding hydrogens is 611 g/mol. The van der Waals surface area contributed by atoms with Gasteiger partial charge in [0.05, 0.1) is 5.41 Å². The molecule has 9 heteroatoms. The average Bonchev–Trinajstić information content (AvgIpc) is 3.47. The van der Waals surface area contributed by atoms with E-state index in [1.54, 1.807) is 36.4 Å². The summed E-state index contributed by atoms with van der Waals surface area (Å²) < 4.78 is 25.9. The summed E-state index contributed by atoms with van der Waals surface area (Å²) in [4.78, 5) is 54.8. The molecule has 3 aromatic carbocycles. The largest absolute Gasteiger partial charge is 0.425 e. The number of carbonyl (C=O) groups is 3. The summed E-state index contributed by atoms with van der Waals surface area (Å²) >= 11 is 6.76. The molecule has 1 aliphatic carbocycles. The summed E-state index contributed by atoms with van der Waals surface area (Å²) in [5.41, 5.74) is -4.03. The number of rotatable bonds is 4. The van der Waals surface area contributed by atoms with Crippen molar-refractivity contribution in [2.45, 2.75) is 12.8 Å². The molecule has 184 valence electrons. The number of hydrogen-bond acceptors (Lipinski definition) is 6. The monoisotopic (exact) mass is 624 g/mol. The normalized spacial score (nSPS) is 23.7. The van der Waals surface area contributed by atoms with E-state index in [1.807, 2.05) is 0 Å². The average molecular weight is 626 g/mol. The molecule has 0 amide bonds. The van der Waals surface area contributed by atoms with Crippen molar-refractivity contribution in [2.24, 2.45) is 10.8 Å². The van der Waals surface area contributed by atoms with Crippen molar-refractivity contribution < 1.29 is 27.9 Å². The third-order valence-corrected chi connectivity index (χ3v) is 8.42. The lowest BCUT2D eigenvalue weighted by Gasteiger charge is -2.22. The summed E-state index contributed by atoms with van der Waals surface area (Å²) in [6, 6.07) is 16.1. The molecule has 3 atom stereocenters. The zero-order valence-electron chi connectivity index (χ0n) is 19.0. The van der Waals surface area contributed by atoms with E-state index in [1.165, 1.54) is 25.1 Å². The smallest absolute Gasteiger partial charge is 0.347 e. The van der Waals surface area contributed by atoms with Gasteiger partial charge < -0.3 is 9.15 Å². The van der Waals surface area contributed by atoms with Gasteiger partial charge in [-0.25, -0.2) is 9.18 Å². The van der Waals surface area contributed by atoms with Crippen molar-refractivity contribution in [1.29, 1.82) is 0 Å². The third kappa shape index (κ3) is 3.20. The van der Waals surface area contributed by atoms with Gasteiger partial charge >= 0.3 is 11.6 Å². The predicted molar refractivity (Wildman–Crippen MR) is 138 cm³/mol. The quantitative estimate of drug-likeness (QED) is 0.0878. The van der Waals surface area contributed by atoms with Crippen LogP contribution < -0.4 is 10.4 Å². The van der Waals surface area contributed by atoms with Gasteiger partial charge in [0.2, 0.25) is 0 Å². The van der Waals surface area contributed by atoms with E-state index in [0.29, 0.717) is 19.9 Å². The van der Waals surface area contributed by atoms with Crippen LogP contribution in [0.1, 0.15) is 39.1 Å². The second kappa shape index (κ2) is 8.03. The number of Topliss-reactive ketones (excluding diaryl/α,β-unsaturated/α-hetero) is 2. The highest BCUT2D eigenvalue weighted by molar-refractivity contribution is 9.10. The standard InChI is InChI=1S/C28H15Br2FO6/c1-27(23(32)13-2-6-17(31)7-3-13)22-18-12-16(30)5-9-21(18)37-26(35)28(22,27)24(33)19-11-14-10-15(29)4-8-20(14)36-25(19)34/h2-12,22H,1H3/t22-,27-,28-/m1/s1. The minimum atomic E-state index is -2.01. The molecule has 1 saturated carbocycles. The number of ketones is 2. The first-order valence-corrected chi connectivity index (χ1v) is 12.8. The summed E-state index contributed by atoms with van der Waals surface area (Å²) in [5.74, 6) is -3.55. The molecule has 0 unspecified atom stereocenters. The second-order valence-electron chi connectivity index (χ2n) is 9.31. The lowest BCUT2D eigenvalue weighted by molar-refractivity contribution is -0.140. The van der Waals surface area contributed by atoms with Crippen LogP contribution in [-0.4, -0.2) is 17.5 Å². The molecule has 1 aromatic heterocycles. The van der Waals surface area contributed by atoms with Gasteiger partial charge in [0.25, 0.3) is 0 Å². The van der Waals surface area contributed by atoms with Crippen LogP contribution >= 0.6 is 31.9 Å². The number of esters is 1. The Kier molecular flexibility index (Phi) is 5.20. The topological polar surface area (TPSA) is 90.7 Å². The lowest BCUT2D eigenvalue weighted by Crippen LogP contribution is -2.40. The highest BCUT2D eigenvalue weighted by Gasteiger charge is 2.87. The third-order valence-electron chi connectivity index (χ3n) is 7.43. The molecule has 0 saturated heterocycles. The first-order chi connectivity index (χ1) is 17.6. The summed E-state index contributed by atoms with van der Waals surface area (Å²) in [6.45, 7) is 1.51. The molecular formula is C28H15Br2FO6. The zero-order valence-corrected chi connectivity index (χ0v) is 22.2. The number of benzene rings is 3. The molecule has 37 heavy (non-hydrogen) atoms. The van der Waals surface area contributed by atoms with Crippen LogP contribution in [0.15, 0.2) is 84.9 Å². The lowest BCUT2D eigenvalue weighted by atomic mass is 9.82. The van der Waals surface area contributed by atoms with Crippen LogP contribution in [0.5, 0.6) is 5.75 Å². The van der Waals surface area contributed by atoms with Crippen molar-refractivity contribution in [3.63, 3.8) is 0 Å². The van der Waals surface area contributed by atoms with E-state index >= 15 is 0 Å². The van der Waals surface area contributed by atoms with Crippen molar-refractivity contribution in [3.05, 3.63) is 109 Å². The second-order valence-corrected chi connectivity index (χ2v) is 11.1. The van der Waals surface area contributed by atoms with E-state index in [9.17, 15) is 23.6 Å². The number of fused-ring (bicyclic) bond motifs is 4. The fourth-order valence-electron chi connectivity index (χ4n) is 5.65. The van der Waals surface area contributed by atoms with Gasteiger partial charge in [0.1, 0.15) is 22.7 Å². The highest BCUT2D eigenvalue weighted by Crippen LogP contribution is 2.79. The maximum atomic E-state index is 14.2. The van der Waals surface area contributed by atoms with E-state index in [4.69, 9.17) is 9.15 Å². The molecule has 6 nitrogen and oxygen atoms in total. The summed E-state index contributed by atoms with van der Waals surface area (Å²) in [5, 5.41) is 0.463. The first kappa shape index (κ1) is 23.9. The number of halogens is 3. The fourth-order valence-corrected chi connectivity index (χ4v) is 6.40. The van der Waals surface area contributed by atoms with Crippen LogP contribution in [0.4, 0.5) is 4.39 Å². The molecule has 2 heterocycles. The molecule has 1 aliphatic heterocycles. The number of carbonyl (C=O) groups excluding carboxylic acids is 3. The van der Waals surface area contributed by atoms with Crippen LogP contribution in [-0.2, 0) is 4.79 Å². The van der Waals surface area contributed by atoms with E-state index in [2.05, 4.69) is 31.9 Å². The van der Waals surface area contributed by atoms with Gasteiger partial charge in [-0.15, -0.1) is 0 Å². The predicted octanol–water partition coefficient (Wildman–Crippen LogP) is 6.23. The minimum absolute atomic E-state index is 0.129. The van der Waals surface area contributed by atoms with Gasteiger partial charge in [0, 0.05) is 31.4 Å². The highest BCUT2D eigenvalue weighted by atomic mass is 79.9. The molecule has 0 radical (unpaired) electrons. The first-order valence-electron chi connectivity index (χ1n) is 11.2. The fraction of sp³-hybridized carbons (Fsp3) is 0.143. The summed E-state index contributed by atoms with van der Waals surface area (Å²) in [6.07, 6.45) is 0. The Morgan fingerprint density at radius 2 is 1.57 bits per heavy atom. The van der Waals surface area contributed by atoms with Gasteiger partial charge in [-0.05, 0) is 66.7 Å². The molecule has 0 bridgehead atoms. The van der Waals surface area contributed by atoms with Crippen molar-refractivity contribution in [2.75, 3.05) is 0 Å². The minimum Gasteiger partial charge on any atom is -0.425 e. The van der Waals surface area contributed by atoms with Crippen molar-refractivity contribution >= 4 is 60.4 Å². The number of hydrogen-bond donors (Lipinski definition) is 0. The zero-order chi connectivity index (χ0) is 26.3. The van der Waals surface area contributed by atoms with E-state index < -0.39 is 45.7 Å². The molecule has 4 aromatic rings. The molecule has 2 aliphatic rings. The Bertz CT molecular complexity index is 1740. The van der Waals surface area contributed by atoms with E-state index in [-0.39, 0.29) is 22.5 Å². The maximum absolute atomic E-state index is 14.2. The van der Waals surface area contributed by atoms with Crippen LogP contribution in [0.2, 0.25) is 0 Å². The SMILES string of the molecule is C[C@]1(C(=O)c2ccc(F)cc2)[C@H]2c3cc(Br)ccc3OC(=O)[C@]21C(=O)c1cc2cc(Br)ccc2oc1=O. The van der Waals surface area contributed by atoms with Gasteiger partial charge in [0.15, 0.2) is 17.0 Å². The van der Waals surface area contributed by atoms with Gasteiger partial charge in [-0.3, -0.25) is 14.4 Å². The Morgan fingerprint density at radius 3 is 2.30 bits per heavy atom. The van der Waals surface area contributed by atoms with Crippen LogP contribution in [0.3, 0.4) is 0 Å². The van der Waals surface area contributed by atoms with Crippen molar-refractivity contribution in [3.8, 4) is 5.75 Å². The molecule has 1 fully saturated rings. The molecule has 0 spiro atoms. The molecule has 6 rings (SSSR count). The van der Waals surface area contributed by atoms with E-state index in [0.717, 1.165) is 12.1 Å². The Balaban J connectivity index is 1.59. The Morgan fingerprint density at radius 1 is 0.892 bits per heavy atom. The Hall–Kier alpha value is -3.43. The van der Waals surface area contributed by atoms with Crippen LogP contribution in [0.25, 0.3) is 11.0 Å². The molecule has 0 N–H and O–H groups in total. The van der Waals surface area contributed by atoms with Crippen molar-refractivity contribution in [1.82, 2.24) is 0 Å². The van der Waals surface area contributed by atoms with Gasteiger partial charge in [-0.2, -0.15) is 0 Å². The maximum Gasteiger partial charge on any atom is 0.347 e. The number of ether oxygens (including phenoxy) is 1. The van der Waals surface area contributed by atoms with Gasteiger partial charge in [-0.1, -0.05) is 38.8 Å². The Labute approximate surface area is 225 Å².